The SMILES string of the molecule is O=C1c2[nH]c(-c3cncc(N4CCOCC4)n3)cc2CN1Cc1ccc(Cl)c(Cl)c1. The number of aromatic amines is 1. The molecule has 1 N–H and O–H groups in total. The minimum Gasteiger partial charge on any atom is -0.378 e. The lowest BCUT2D eigenvalue weighted by atomic mass is 10.2. The van der Waals surface area contributed by atoms with Gasteiger partial charge in [0.1, 0.15) is 17.2 Å². The van der Waals surface area contributed by atoms with Gasteiger partial charge in [-0.05, 0) is 23.8 Å². The van der Waals surface area contributed by atoms with Gasteiger partial charge in [0, 0.05) is 31.7 Å². The van der Waals surface area contributed by atoms with Gasteiger partial charge in [0.25, 0.3) is 5.91 Å². The highest BCUT2D eigenvalue weighted by atomic mass is 35.5. The highest BCUT2D eigenvalue weighted by Gasteiger charge is 2.30. The number of carbonyl (C=O) groups excluding carboxylic acids is 1. The quantitative estimate of drug-likeness (QED) is 0.663. The maximum Gasteiger partial charge on any atom is 0.271 e. The van der Waals surface area contributed by atoms with Crippen LogP contribution < -0.4 is 4.90 Å². The smallest absolute Gasteiger partial charge is 0.271 e. The molecule has 0 bridgehead atoms. The first-order valence-corrected chi connectivity index (χ1v) is 10.4. The number of hydrogen-bond donors (Lipinski definition) is 1. The number of nitrogens with one attached hydrogen (secondary N) is 1. The van der Waals surface area contributed by atoms with Crippen molar-refractivity contribution < 1.29 is 9.53 Å². The van der Waals surface area contributed by atoms with Crippen LogP contribution in [0, 0.1) is 0 Å². The normalized spacial score (nSPS) is 16.3. The van der Waals surface area contributed by atoms with Crippen molar-refractivity contribution in [2.75, 3.05) is 31.2 Å². The molecule has 1 fully saturated rings. The van der Waals surface area contributed by atoms with Crippen molar-refractivity contribution in [3.05, 3.63) is 63.5 Å². The molecule has 0 saturated carbocycles. The van der Waals surface area contributed by atoms with Gasteiger partial charge in [0.05, 0.1) is 41.3 Å². The lowest BCUT2D eigenvalue weighted by Gasteiger charge is -2.27. The molecule has 2 aliphatic rings. The summed E-state index contributed by atoms with van der Waals surface area (Å²) in [6.45, 7) is 3.96. The van der Waals surface area contributed by atoms with E-state index in [4.69, 9.17) is 32.9 Å². The predicted octanol–water partition coefficient (Wildman–Crippen LogP) is 3.77. The fourth-order valence-electron chi connectivity index (χ4n) is 3.80. The van der Waals surface area contributed by atoms with Crippen LogP contribution in [-0.2, 0) is 17.8 Å². The van der Waals surface area contributed by atoms with Crippen molar-refractivity contribution in [2.45, 2.75) is 13.1 Å². The second kappa shape index (κ2) is 7.91. The van der Waals surface area contributed by atoms with Crippen molar-refractivity contribution >= 4 is 34.9 Å². The van der Waals surface area contributed by atoms with Gasteiger partial charge in [0.2, 0.25) is 0 Å². The largest absolute Gasteiger partial charge is 0.378 e. The van der Waals surface area contributed by atoms with E-state index in [0.29, 0.717) is 42.0 Å². The second-order valence-corrected chi connectivity index (χ2v) is 8.17. The van der Waals surface area contributed by atoms with Gasteiger partial charge in [-0.25, -0.2) is 4.98 Å². The average Bonchev–Trinajstić information content (AvgIpc) is 3.31. The van der Waals surface area contributed by atoms with E-state index in [0.717, 1.165) is 41.4 Å². The molecule has 3 aromatic rings. The molecule has 1 aromatic carbocycles. The number of ether oxygens (including phenoxy) is 1. The molecule has 0 aliphatic carbocycles. The second-order valence-electron chi connectivity index (χ2n) is 7.35. The molecule has 0 unspecified atom stereocenters. The zero-order valence-electron chi connectivity index (χ0n) is 16.1. The van der Waals surface area contributed by atoms with E-state index >= 15 is 0 Å². The fraction of sp³-hybridized carbons (Fsp3) is 0.286. The molecule has 154 valence electrons. The van der Waals surface area contributed by atoms with Crippen LogP contribution in [0.15, 0.2) is 36.7 Å². The summed E-state index contributed by atoms with van der Waals surface area (Å²) in [5.41, 5.74) is 4.01. The standard InChI is InChI=1S/C21H19Cl2N5O2/c22-15-2-1-13(7-16(15)23)11-28-12-14-8-17(26-20(14)21(28)29)18-9-24-10-19(25-18)27-3-5-30-6-4-27/h1-2,7-10,26H,3-6,11-12H2. The fourth-order valence-corrected chi connectivity index (χ4v) is 4.12. The minimum absolute atomic E-state index is 0.0420. The van der Waals surface area contributed by atoms with Crippen LogP contribution in [0.25, 0.3) is 11.4 Å². The van der Waals surface area contributed by atoms with Crippen LogP contribution in [0.5, 0.6) is 0 Å². The van der Waals surface area contributed by atoms with Crippen LogP contribution in [-0.4, -0.2) is 52.1 Å². The Bertz CT molecular complexity index is 1110. The number of nitrogens with zero attached hydrogens (tertiary/aromatic N) is 4. The number of halogens is 2. The van der Waals surface area contributed by atoms with Gasteiger partial charge in [-0.15, -0.1) is 0 Å². The maximum atomic E-state index is 12.9. The number of carbonyl (C=O) groups is 1. The van der Waals surface area contributed by atoms with E-state index in [9.17, 15) is 4.79 Å². The molecular formula is C21H19Cl2N5O2. The van der Waals surface area contributed by atoms with Gasteiger partial charge < -0.3 is 19.5 Å². The molecule has 9 heteroatoms. The molecule has 4 heterocycles. The maximum absolute atomic E-state index is 12.9. The highest BCUT2D eigenvalue weighted by molar-refractivity contribution is 6.42. The predicted molar refractivity (Wildman–Crippen MR) is 115 cm³/mol. The first-order valence-electron chi connectivity index (χ1n) is 9.69. The Morgan fingerprint density at radius 1 is 1.10 bits per heavy atom. The van der Waals surface area contributed by atoms with Crippen LogP contribution in [0.4, 0.5) is 5.82 Å². The number of rotatable bonds is 4. The average molecular weight is 444 g/mol. The minimum atomic E-state index is -0.0420. The van der Waals surface area contributed by atoms with E-state index in [-0.39, 0.29) is 5.91 Å². The Kier molecular flexibility index (Phi) is 5.10. The van der Waals surface area contributed by atoms with E-state index in [1.807, 2.05) is 12.1 Å². The Labute approximate surface area is 183 Å². The molecule has 1 amide bonds. The third kappa shape index (κ3) is 3.64. The topological polar surface area (TPSA) is 74.3 Å². The van der Waals surface area contributed by atoms with E-state index < -0.39 is 0 Å². The first kappa shape index (κ1) is 19.4. The number of H-pyrrole nitrogens is 1. The number of amides is 1. The molecule has 0 spiro atoms. The summed E-state index contributed by atoms with van der Waals surface area (Å²) >= 11 is 12.1. The summed E-state index contributed by atoms with van der Waals surface area (Å²) in [6.07, 6.45) is 3.47. The van der Waals surface area contributed by atoms with E-state index in [2.05, 4.69) is 14.9 Å². The van der Waals surface area contributed by atoms with E-state index in [1.165, 1.54) is 0 Å². The lowest BCUT2D eigenvalue weighted by molar-refractivity contribution is 0.0762. The summed E-state index contributed by atoms with van der Waals surface area (Å²) < 4.78 is 5.40. The van der Waals surface area contributed by atoms with Crippen LogP contribution in [0.2, 0.25) is 10.0 Å². The monoisotopic (exact) mass is 443 g/mol. The molecule has 2 aromatic heterocycles. The van der Waals surface area contributed by atoms with Crippen LogP contribution >= 0.6 is 23.2 Å². The number of fused-ring (bicyclic) bond motifs is 1. The number of morpholine rings is 1. The summed E-state index contributed by atoms with van der Waals surface area (Å²) in [7, 11) is 0. The van der Waals surface area contributed by atoms with Gasteiger partial charge in [-0.1, -0.05) is 29.3 Å². The molecule has 7 nitrogen and oxygen atoms in total. The molecular weight excluding hydrogens is 425 g/mol. The molecule has 1 saturated heterocycles. The summed E-state index contributed by atoms with van der Waals surface area (Å²) in [5, 5.41) is 0.990. The number of aromatic nitrogens is 3. The molecule has 30 heavy (non-hydrogen) atoms. The van der Waals surface area contributed by atoms with Crippen molar-refractivity contribution in [3.8, 4) is 11.4 Å². The van der Waals surface area contributed by atoms with Crippen molar-refractivity contribution in [1.29, 1.82) is 0 Å². The Balaban J connectivity index is 1.34. The van der Waals surface area contributed by atoms with Gasteiger partial charge in [0.15, 0.2) is 0 Å². The highest BCUT2D eigenvalue weighted by Crippen LogP contribution is 2.30. The summed E-state index contributed by atoms with van der Waals surface area (Å²) in [4.78, 5) is 29.1. The van der Waals surface area contributed by atoms with Crippen molar-refractivity contribution in [3.63, 3.8) is 0 Å². The third-order valence-corrected chi connectivity index (χ3v) is 6.09. The first-order chi connectivity index (χ1) is 14.6. The molecule has 2 aliphatic heterocycles. The number of anilines is 1. The number of hydrogen-bond acceptors (Lipinski definition) is 5. The van der Waals surface area contributed by atoms with Crippen LogP contribution in [0.1, 0.15) is 21.6 Å². The van der Waals surface area contributed by atoms with Crippen LogP contribution in [0.3, 0.4) is 0 Å². The Morgan fingerprint density at radius 3 is 2.70 bits per heavy atom. The van der Waals surface area contributed by atoms with Gasteiger partial charge >= 0.3 is 0 Å². The summed E-state index contributed by atoms with van der Waals surface area (Å²) in [5.74, 6) is 0.776. The zero-order chi connectivity index (χ0) is 20.7. The zero-order valence-corrected chi connectivity index (χ0v) is 17.6. The number of benzene rings is 1. The van der Waals surface area contributed by atoms with Crippen molar-refractivity contribution in [2.24, 2.45) is 0 Å². The molecule has 0 atom stereocenters. The summed E-state index contributed by atoms with van der Waals surface area (Å²) in [6, 6.07) is 7.40. The Hall–Kier alpha value is -2.61. The molecule has 0 radical (unpaired) electrons. The molecule has 5 rings (SSSR count). The van der Waals surface area contributed by atoms with Gasteiger partial charge in [-0.2, -0.15) is 0 Å². The lowest BCUT2D eigenvalue weighted by Crippen LogP contribution is -2.36. The van der Waals surface area contributed by atoms with Crippen molar-refractivity contribution in [1.82, 2.24) is 19.9 Å². The Morgan fingerprint density at radius 2 is 1.93 bits per heavy atom. The van der Waals surface area contributed by atoms with E-state index in [1.54, 1.807) is 29.4 Å². The third-order valence-electron chi connectivity index (χ3n) is 5.35. The van der Waals surface area contributed by atoms with Gasteiger partial charge in [-0.3, -0.25) is 9.78 Å².